The molecule has 0 aliphatic carbocycles. The van der Waals surface area contributed by atoms with Gasteiger partial charge in [-0.2, -0.15) is 0 Å². The van der Waals surface area contributed by atoms with Crippen LogP contribution in [0.5, 0.6) is 5.75 Å². The van der Waals surface area contributed by atoms with Gasteiger partial charge in [0.25, 0.3) is 0 Å². The van der Waals surface area contributed by atoms with E-state index in [9.17, 15) is 0 Å². The molecule has 0 atom stereocenters. The minimum atomic E-state index is 0.192. The summed E-state index contributed by atoms with van der Waals surface area (Å²) in [5.41, 5.74) is 1.52. The number of nitrogens with zero attached hydrogens (tertiary/aromatic N) is 2. The predicted octanol–water partition coefficient (Wildman–Crippen LogP) is 3.96. The molecule has 1 aromatic carbocycles. The maximum atomic E-state index is 5.78. The molecule has 3 nitrogen and oxygen atoms in total. The SMILES string of the molecule is Cc1nccn1CCCOc1ccc(C(C)(C)C)cc1. The normalized spacial score (nSPS) is 11.6. The fraction of sp³-hybridized carbons (Fsp3) is 0.471. The second kappa shape index (κ2) is 6.12. The second-order valence-electron chi connectivity index (χ2n) is 6.14. The molecule has 0 aliphatic rings. The van der Waals surface area contributed by atoms with Gasteiger partial charge in [0, 0.05) is 18.9 Å². The van der Waals surface area contributed by atoms with Crippen LogP contribution < -0.4 is 4.74 Å². The van der Waals surface area contributed by atoms with E-state index in [1.165, 1.54) is 5.56 Å². The Balaban J connectivity index is 1.78. The smallest absolute Gasteiger partial charge is 0.119 e. The fourth-order valence-corrected chi connectivity index (χ4v) is 2.12. The van der Waals surface area contributed by atoms with Crippen molar-refractivity contribution in [3.63, 3.8) is 0 Å². The van der Waals surface area contributed by atoms with Gasteiger partial charge in [0.15, 0.2) is 0 Å². The first-order valence-electron chi connectivity index (χ1n) is 7.18. The summed E-state index contributed by atoms with van der Waals surface area (Å²) in [5, 5.41) is 0. The molecule has 0 aliphatic heterocycles. The summed E-state index contributed by atoms with van der Waals surface area (Å²) in [6.07, 6.45) is 4.83. The molecule has 0 unspecified atom stereocenters. The van der Waals surface area contributed by atoms with Crippen LogP contribution in [0.3, 0.4) is 0 Å². The van der Waals surface area contributed by atoms with E-state index in [2.05, 4.69) is 54.6 Å². The highest BCUT2D eigenvalue weighted by atomic mass is 16.5. The summed E-state index contributed by atoms with van der Waals surface area (Å²) in [6, 6.07) is 8.41. The minimum Gasteiger partial charge on any atom is -0.494 e. The maximum Gasteiger partial charge on any atom is 0.119 e. The number of hydrogen-bond donors (Lipinski definition) is 0. The van der Waals surface area contributed by atoms with Crippen molar-refractivity contribution in [1.82, 2.24) is 9.55 Å². The molecule has 0 saturated heterocycles. The van der Waals surface area contributed by atoms with E-state index in [-0.39, 0.29) is 5.41 Å². The van der Waals surface area contributed by atoms with Crippen LogP contribution in [0.4, 0.5) is 0 Å². The lowest BCUT2D eigenvalue weighted by Crippen LogP contribution is -2.10. The zero-order valence-corrected chi connectivity index (χ0v) is 12.9. The Morgan fingerprint density at radius 3 is 2.40 bits per heavy atom. The summed E-state index contributed by atoms with van der Waals surface area (Å²) in [4.78, 5) is 4.21. The molecular formula is C17H24N2O. The van der Waals surface area contributed by atoms with Crippen LogP contribution in [0.2, 0.25) is 0 Å². The third-order valence-corrected chi connectivity index (χ3v) is 3.46. The summed E-state index contributed by atoms with van der Waals surface area (Å²) in [5.74, 6) is 2.00. The van der Waals surface area contributed by atoms with Gasteiger partial charge in [-0.05, 0) is 36.5 Å². The molecule has 0 fully saturated rings. The number of hydrogen-bond acceptors (Lipinski definition) is 2. The second-order valence-corrected chi connectivity index (χ2v) is 6.14. The van der Waals surface area contributed by atoms with Gasteiger partial charge in [-0.1, -0.05) is 32.9 Å². The van der Waals surface area contributed by atoms with Crippen molar-refractivity contribution in [3.05, 3.63) is 48.0 Å². The topological polar surface area (TPSA) is 27.1 Å². The first-order valence-corrected chi connectivity index (χ1v) is 7.18. The van der Waals surface area contributed by atoms with E-state index in [1.54, 1.807) is 0 Å². The lowest BCUT2D eigenvalue weighted by atomic mass is 9.87. The van der Waals surface area contributed by atoms with Crippen molar-refractivity contribution < 1.29 is 4.74 Å². The minimum absolute atomic E-state index is 0.192. The molecule has 0 amide bonds. The van der Waals surface area contributed by atoms with Crippen molar-refractivity contribution in [2.45, 2.75) is 46.1 Å². The number of aryl methyl sites for hydroxylation is 2. The zero-order valence-electron chi connectivity index (χ0n) is 12.9. The molecule has 2 aromatic rings. The Morgan fingerprint density at radius 2 is 1.85 bits per heavy atom. The standard InChI is InChI=1S/C17H24N2O/c1-14-18-10-12-19(14)11-5-13-20-16-8-6-15(7-9-16)17(2,3)4/h6-10,12H,5,11,13H2,1-4H3. The van der Waals surface area contributed by atoms with Crippen molar-refractivity contribution in [3.8, 4) is 5.75 Å². The highest BCUT2D eigenvalue weighted by Crippen LogP contribution is 2.24. The van der Waals surface area contributed by atoms with Crippen LogP contribution in [0.1, 0.15) is 38.6 Å². The van der Waals surface area contributed by atoms with Crippen molar-refractivity contribution in [2.75, 3.05) is 6.61 Å². The summed E-state index contributed by atoms with van der Waals surface area (Å²) >= 11 is 0. The third kappa shape index (κ3) is 3.86. The van der Waals surface area contributed by atoms with E-state index >= 15 is 0 Å². The van der Waals surface area contributed by atoms with Crippen LogP contribution in [0.25, 0.3) is 0 Å². The summed E-state index contributed by atoms with van der Waals surface area (Å²) < 4.78 is 7.92. The average molecular weight is 272 g/mol. The van der Waals surface area contributed by atoms with E-state index in [0.29, 0.717) is 0 Å². The van der Waals surface area contributed by atoms with Gasteiger partial charge >= 0.3 is 0 Å². The largest absolute Gasteiger partial charge is 0.494 e. The van der Waals surface area contributed by atoms with Crippen LogP contribution in [-0.4, -0.2) is 16.2 Å². The molecule has 0 bridgehead atoms. The molecule has 1 aromatic heterocycles. The molecule has 1 heterocycles. The molecule has 108 valence electrons. The van der Waals surface area contributed by atoms with Gasteiger partial charge < -0.3 is 9.30 Å². The average Bonchev–Trinajstić information content (AvgIpc) is 2.80. The predicted molar refractivity (Wildman–Crippen MR) is 82.2 cm³/mol. The van der Waals surface area contributed by atoms with Crippen molar-refractivity contribution in [2.24, 2.45) is 0 Å². The first kappa shape index (κ1) is 14.6. The fourth-order valence-electron chi connectivity index (χ4n) is 2.12. The van der Waals surface area contributed by atoms with E-state index < -0.39 is 0 Å². The first-order chi connectivity index (χ1) is 9.47. The highest BCUT2D eigenvalue weighted by molar-refractivity contribution is 5.31. The lowest BCUT2D eigenvalue weighted by Gasteiger charge is -2.19. The summed E-state index contributed by atoms with van der Waals surface area (Å²) in [6.45, 7) is 10.4. The monoisotopic (exact) mass is 272 g/mol. The Bertz CT molecular complexity index is 535. The van der Waals surface area contributed by atoms with Gasteiger partial charge in [0.2, 0.25) is 0 Å². The Labute approximate surface area is 121 Å². The molecular weight excluding hydrogens is 248 g/mol. The van der Waals surface area contributed by atoms with E-state index in [4.69, 9.17) is 4.74 Å². The molecule has 0 radical (unpaired) electrons. The van der Waals surface area contributed by atoms with Crippen LogP contribution >= 0.6 is 0 Å². The quantitative estimate of drug-likeness (QED) is 0.770. The number of ether oxygens (including phenoxy) is 1. The lowest BCUT2D eigenvalue weighted by molar-refractivity contribution is 0.301. The molecule has 0 N–H and O–H groups in total. The number of aromatic nitrogens is 2. The number of imidazole rings is 1. The van der Waals surface area contributed by atoms with Crippen LogP contribution in [0, 0.1) is 6.92 Å². The van der Waals surface area contributed by atoms with Gasteiger partial charge in [-0.25, -0.2) is 4.98 Å². The van der Waals surface area contributed by atoms with E-state index in [0.717, 1.165) is 31.1 Å². The van der Waals surface area contributed by atoms with Crippen LogP contribution in [-0.2, 0) is 12.0 Å². The van der Waals surface area contributed by atoms with Crippen molar-refractivity contribution >= 4 is 0 Å². The van der Waals surface area contributed by atoms with Crippen molar-refractivity contribution in [1.29, 1.82) is 0 Å². The molecule has 3 heteroatoms. The van der Waals surface area contributed by atoms with Gasteiger partial charge in [-0.3, -0.25) is 0 Å². The van der Waals surface area contributed by atoms with Crippen LogP contribution in [0.15, 0.2) is 36.7 Å². The Morgan fingerprint density at radius 1 is 1.15 bits per heavy atom. The maximum absolute atomic E-state index is 5.78. The third-order valence-electron chi connectivity index (χ3n) is 3.46. The molecule has 0 spiro atoms. The highest BCUT2D eigenvalue weighted by Gasteiger charge is 2.12. The Hall–Kier alpha value is -1.77. The number of rotatable bonds is 5. The summed E-state index contributed by atoms with van der Waals surface area (Å²) in [7, 11) is 0. The molecule has 20 heavy (non-hydrogen) atoms. The van der Waals surface area contributed by atoms with E-state index in [1.807, 2.05) is 19.3 Å². The van der Waals surface area contributed by atoms with Gasteiger partial charge in [-0.15, -0.1) is 0 Å². The molecule has 2 rings (SSSR count). The molecule has 0 saturated carbocycles. The van der Waals surface area contributed by atoms with Gasteiger partial charge in [0.1, 0.15) is 11.6 Å². The zero-order chi connectivity index (χ0) is 14.6. The number of benzene rings is 1. The van der Waals surface area contributed by atoms with Gasteiger partial charge in [0.05, 0.1) is 6.61 Å². The Kier molecular flexibility index (Phi) is 4.48.